The maximum absolute atomic E-state index is 11.4. The Kier molecular flexibility index (Phi) is 7.09. The van der Waals surface area contributed by atoms with Gasteiger partial charge in [-0.1, -0.05) is 0 Å². The fraction of sp³-hybridized carbons (Fsp3) is 0.583. The van der Waals surface area contributed by atoms with Crippen molar-refractivity contribution in [2.75, 3.05) is 26.4 Å². The molecule has 0 fully saturated rings. The highest BCUT2D eigenvalue weighted by atomic mass is 16.5. The van der Waals surface area contributed by atoms with Crippen LogP contribution in [0.3, 0.4) is 0 Å². The molecule has 0 aromatic carbocycles. The van der Waals surface area contributed by atoms with Gasteiger partial charge in [0.05, 0.1) is 19.5 Å². The molecule has 0 aliphatic carbocycles. The van der Waals surface area contributed by atoms with Gasteiger partial charge in [-0.3, -0.25) is 4.79 Å². The van der Waals surface area contributed by atoms with E-state index in [4.69, 9.17) is 14.3 Å². The number of aryl methyl sites for hydroxylation is 1. The van der Waals surface area contributed by atoms with Crippen molar-refractivity contribution in [1.82, 2.24) is 5.32 Å². The topological polar surface area (TPSA) is 71.7 Å². The van der Waals surface area contributed by atoms with Crippen molar-refractivity contribution in [3.8, 4) is 0 Å². The van der Waals surface area contributed by atoms with Crippen molar-refractivity contribution in [1.29, 1.82) is 0 Å². The molecule has 0 unspecified atom stereocenters. The molecule has 96 valence electrons. The molecule has 5 heteroatoms. The quantitative estimate of drug-likeness (QED) is 0.625. The minimum Gasteiger partial charge on any atom is -0.469 e. The molecule has 0 aliphatic rings. The first kappa shape index (κ1) is 13.7. The summed E-state index contributed by atoms with van der Waals surface area (Å²) in [4.78, 5) is 11.4. The SMILES string of the molecule is O=C(CCc1ccco1)NCCCOCCO. The molecule has 1 amide bonds. The van der Waals surface area contributed by atoms with E-state index in [1.54, 1.807) is 6.26 Å². The van der Waals surface area contributed by atoms with E-state index < -0.39 is 0 Å². The number of hydrogen-bond acceptors (Lipinski definition) is 4. The number of aliphatic hydroxyl groups excluding tert-OH is 1. The predicted molar refractivity (Wildman–Crippen MR) is 62.6 cm³/mol. The van der Waals surface area contributed by atoms with Gasteiger partial charge in [-0.25, -0.2) is 0 Å². The van der Waals surface area contributed by atoms with Gasteiger partial charge in [0.25, 0.3) is 0 Å². The van der Waals surface area contributed by atoms with E-state index in [2.05, 4.69) is 5.32 Å². The summed E-state index contributed by atoms with van der Waals surface area (Å²) in [5.41, 5.74) is 0. The second-order valence-corrected chi connectivity index (χ2v) is 3.62. The molecule has 0 saturated heterocycles. The van der Waals surface area contributed by atoms with Gasteiger partial charge in [-0.05, 0) is 18.6 Å². The second kappa shape index (κ2) is 8.78. The Labute approximate surface area is 101 Å². The van der Waals surface area contributed by atoms with Crippen LogP contribution < -0.4 is 5.32 Å². The highest BCUT2D eigenvalue weighted by Gasteiger charge is 2.02. The van der Waals surface area contributed by atoms with Gasteiger partial charge >= 0.3 is 0 Å². The van der Waals surface area contributed by atoms with E-state index in [0.717, 1.165) is 12.2 Å². The van der Waals surface area contributed by atoms with Crippen LogP contribution in [0.25, 0.3) is 0 Å². The van der Waals surface area contributed by atoms with Gasteiger partial charge in [0.1, 0.15) is 5.76 Å². The average molecular weight is 241 g/mol. The zero-order valence-corrected chi connectivity index (χ0v) is 9.85. The van der Waals surface area contributed by atoms with E-state index >= 15 is 0 Å². The van der Waals surface area contributed by atoms with Crippen molar-refractivity contribution in [2.24, 2.45) is 0 Å². The van der Waals surface area contributed by atoms with E-state index in [0.29, 0.717) is 32.6 Å². The molecule has 0 spiro atoms. The number of ether oxygens (including phenoxy) is 1. The maximum atomic E-state index is 11.4. The zero-order chi connectivity index (χ0) is 12.3. The van der Waals surface area contributed by atoms with Crippen LogP contribution in [0.1, 0.15) is 18.6 Å². The number of amides is 1. The number of carbonyl (C=O) groups excluding carboxylic acids is 1. The Morgan fingerprint density at radius 3 is 3.06 bits per heavy atom. The van der Waals surface area contributed by atoms with Gasteiger partial charge in [-0.15, -0.1) is 0 Å². The fourth-order valence-corrected chi connectivity index (χ4v) is 1.35. The Balaban J connectivity index is 1.94. The van der Waals surface area contributed by atoms with Crippen LogP contribution in [0.2, 0.25) is 0 Å². The largest absolute Gasteiger partial charge is 0.469 e. The lowest BCUT2D eigenvalue weighted by atomic mass is 10.2. The summed E-state index contributed by atoms with van der Waals surface area (Å²) in [5.74, 6) is 0.843. The van der Waals surface area contributed by atoms with Crippen molar-refractivity contribution in [3.05, 3.63) is 24.2 Å². The van der Waals surface area contributed by atoms with E-state index in [1.807, 2.05) is 12.1 Å². The smallest absolute Gasteiger partial charge is 0.220 e. The molecular weight excluding hydrogens is 222 g/mol. The normalized spacial score (nSPS) is 10.4. The molecule has 1 rings (SSSR count). The lowest BCUT2D eigenvalue weighted by molar-refractivity contribution is -0.121. The number of carbonyl (C=O) groups is 1. The highest BCUT2D eigenvalue weighted by molar-refractivity contribution is 5.75. The Morgan fingerprint density at radius 1 is 1.47 bits per heavy atom. The molecular formula is C12H19NO4. The molecule has 0 radical (unpaired) electrons. The van der Waals surface area contributed by atoms with Gasteiger partial charge in [0, 0.05) is 26.0 Å². The third kappa shape index (κ3) is 6.76. The molecule has 1 heterocycles. The summed E-state index contributed by atoms with van der Waals surface area (Å²) in [5, 5.41) is 11.3. The summed E-state index contributed by atoms with van der Waals surface area (Å²) in [6.07, 6.45) is 3.42. The van der Waals surface area contributed by atoms with Crippen molar-refractivity contribution in [2.45, 2.75) is 19.3 Å². The zero-order valence-electron chi connectivity index (χ0n) is 9.85. The molecule has 0 saturated carbocycles. The summed E-state index contributed by atoms with van der Waals surface area (Å²) < 4.78 is 10.2. The van der Waals surface area contributed by atoms with Crippen LogP contribution in [0.4, 0.5) is 0 Å². The molecule has 1 aromatic rings. The van der Waals surface area contributed by atoms with Crippen molar-refractivity contribution >= 4 is 5.91 Å². The number of nitrogens with one attached hydrogen (secondary N) is 1. The minimum atomic E-state index is 0.0172. The van der Waals surface area contributed by atoms with Gasteiger partial charge < -0.3 is 19.6 Å². The monoisotopic (exact) mass is 241 g/mol. The van der Waals surface area contributed by atoms with E-state index in [9.17, 15) is 4.79 Å². The average Bonchev–Trinajstić information content (AvgIpc) is 2.84. The van der Waals surface area contributed by atoms with E-state index in [1.165, 1.54) is 0 Å². The molecule has 17 heavy (non-hydrogen) atoms. The molecule has 0 atom stereocenters. The maximum Gasteiger partial charge on any atom is 0.220 e. The summed E-state index contributed by atoms with van der Waals surface area (Å²) in [7, 11) is 0. The lowest BCUT2D eigenvalue weighted by Gasteiger charge is -2.04. The first-order chi connectivity index (χ1) is 8.33. The second-order valence-electron chi connectivity index (χ2n) is 3.62. The van der Waals surface area contributed by atoms with Crippen LogP contribution in [-0.4, -0.2) is 37.4 Å². The first-order valence-electron chi connectivity index (χ1n) is 5.80. The molecule has 1 aromatic heterocycles. The fourth-order valence-electron chi connectivity index (χ4n) is 1.35. The summed E-state index contributed by atoms with van der Waals surface area (Å²) >= 11 is 0. The molecule has 0 bridgehead atoms. The van der Waals surface area contributed by atoms with Crippen LogP contribution in [-0.2, 0) is 16.0 Å². The minimum absolute atomic E-state index is 0.0172. The molecule has 2 N–H and O–H groups in total. The third-order valence-corrected chi connectivity index (χ3v) is 2.20. The third-order valence-electron chi connectivity index (χ3n) is 2.20. The van der Waals surface area contributed by atoms with Crippen molar-refractivity contribution in [3.63, 3.8) is 0 Å². The number of rotatable bonds is 9. The lowest BCUT2D eigenvalue weighted by Crippen LogP contribution is -2.25. The predicted octanol–water partition coefficient (Wildman–Crippen LogP) is 0.727. The van der Waals surface area contributed by atoms with Gasteiger partial charge in [-0.2, -0.15) is 0 Å². The number of hydrogen-bond donors (Lipinski definition) is 2. The van der Waals surface area contributed by atoms with Crippen LogP contribution in [0.15, 0.2) is 22.8 Å². The van der Waals surface area contributed by atoms with E-state index in [-0.39, 0.29) is 12.5 Å². The van der Waals surface area contributed by atoms with Crippen LogP contribution in [0, 0.1) is 0 Å². The Morgan fingerprint density at radius 2 is 2.35 bits per heavy atom. The number of furan rings is 1. The van der Waals surface area contributed by atoms with Crippen molar-refractivity contribution < 1.29 is 19.1 Å². The standard InChI is InChI=1S/C12H19NO4/c14-7-10-16-8-2-6-13-12(15)5-4-11-3-1-9-17-11/h1,3,9,14H,2,4-8,10H2,(H,13,15). The molecule has 0 aliphatic heterocycles. The first-order valence-corrected chi connectivity index (χ1v) is 5.80. The van der Waals surface area contributed by atoms with Crippen LogP contribution >= 0.6 is 0 Å². The van der Waals surface area contributed by atoms with Gasteiger partial charge in [0.2, 0.25) is 5.91 Å². The Hall–Kier alpha value is -1.33. The van der Waals surface area contributed by atoms with Crippen LogP contribution in [0.5, 0.6) is 0 Å². The van der Waals surface area contributed by atoms with Gasteiger partial charge in [0.15, 0.2) is 0 Å². The summed E-state index contributed by atoms with van der Waals surface area (Å²) in [6, 6.07) is 3.67. The number of aliphatic hydroxyl groups is 1. The summed E-state index contributed by atoms with van der Waals surface area (Å²) in [6.45, 7) is 1.55. The molecule has 5 nitrogen and oxygen atoms in total. The highest BCUT2D eigenvalue weighted by Crippen LogP contribution is 2.03. The Bertz CT molecular complexity index is 297.